The van der Waals surface area contributed by atoms with Crippen molar-refractivity contribution in [2.24, 2.45) is 5.92 Å². The molecular weight excluding hydrogens is 384 g/mol. The quantitative estimate of drug-likeness (QED) is 0.594. The molecule has 2 aliphatic heterocycles. The Kier molecular flexibility index (Phi) is 7.46. The average Bonchev–Trinajstić information content (AvgIpc) is 2.74. The Labute approximate surface area is 177 Å². The number of ether oxygens (including phenoxy) is 1. The third-order valence-electron chi connectivity index (χ3n) is 5.45. The van der Waals surface area contributed by atoms with Crippen molar-refractivity contribution in [3.8, 4) is 0 Å². The normalized spacial score (nSPS) is 22.1. The summed E-state index contributed by atoms with van der Waals surface area (Å²) in [6.45, 7) is 5.71. The van der Waals surface area contributed by atoms with E-state index >= 15 is 0 Å². The Hall–Kier alpha value is -2.87. The summed E-state index contributed by atoms with van der Waals surface area (Å²) in [4.78, 5) is 39.5. The fourth-order valence-corrected chi connectivity index (χ4v) is 3.99. The van der Waals surface area contributed by atoms with E-state index in [-0.39, 0.29) is 30.5 Å². The molecule has 1 fully saturated rings. The molecule has 3 rings (SSSR count). The molecule has 0 radical (unpaired) electrons. The van der Waals surface area contributed by atoms with Gasteiger partial charge in [-0.2, -0.15) is 0 Å². The highest BCUT2D eigenvalue weighted by atomic mass is 16.5. The van der Waals surface area contributed by atoms with Crippen LogP contribution in [0.1, 0.15) is 33.1 Å². The number of carbonyl (C=O) groups excluding carboxylic acids is 3. The molecule has 8 nitrogen and oxygen atoms in total. The highest BCUT2D eigenvalue weighted by Crippen LogP contribution is 2.22. The Bertz CT molecular complexity index is 809. The molecule has 30 heavy (non-hydrogen) atoms. The molecule has 2 heterocycles. The number of hydrogen-bond acceptors (Lipinski definition) is 5. The summed E-state index contributed by atoms with van der Waals surface area (Å²) >= 11 is 0. The van der Waals surface area contributed by atoms with E-state index in [1.54, 1.807) is 6.92 Å². The number of benzene rings is 1. The first-order chi connectivity index (χ1) is 14.5. The maximum atomic E-state index is 12.7. The second kappa shape index (κ2) is 10.2. The highest BCUT2D eigenvalue weighted by molar-refractivity contribution is 5.95. The highest BCUT2D eigenvalue weighted by Gasteiger charge is 2.33. The molecule has 2 atom stereocenters. The van der Waals surface area contributed by atoms with E-state index in [1.807, 2.05) is 37.3 Å². The SMILES string of the molecule is CCOC(=O)C1=C(CN2CCC[C@H](C(=O)Nc3ccccc3)C2)NC(=O)N[C@@H]1CC. The standard InChI is InChI=1S/C22H30N4O4/c1-3-17-19(21(28)30-4-2)18(25-22(29)24-17)14-26-12-8-9-15(13-26)20(27)23-16-10-6-5-7-11-16/h5-7,10-11,15,17H,3-4,8-9,12-14H2,1-2H3,(H,23,27)(H2,24,25,29)/t15-,17+/m0/s1. The number of likely N-dealkylation sites (tertiary alicyclic amines) is 1. The van der Waals surface area contributed by atoms with Crippen molar-refractivity contribution in [1.29, 1.82) is 0 Å². The minimum Gasteiger partial charge on any atom is -0.463 e. The van der Waals surface area contributed by atoms with Crippen molar-refractivity contribution in [3.63, 3.8) is 0 Å². The summed E-state index contributed by atoms with van der Waals surface area (Å²) < 4.78 is 5.22. The molecule has 1 saturated heterocycles. The van der Waals surface area contributed by atoms with Gasteiger partial charge in [0.15, 0.2) is 0 Å². The van der Waals surface area contributed by atoms with Crippen LogP contribution in [0.3, 0.4) is 0 Å². The summed E-state index contributed by atoms with van der Waals surface area (Å²) in [5.74, 6) is -0.571. The predicted molar refractivity (Wildman–Crippen MR) is 114 cm³/mol. The van der Waals surface area contributed by atoms with Gasteiger partial charge in [-0.15, -0.1) is 0 Å². The third kappa shape index (κ3) is 5.38. The van der Waals surface area contributed by atoms with E-state index in [9.17, 15) is 14.4 Å². The van der Waals surface area contributed by atoms with Gasteiger partial charge < -0.3 is 20.7 Å². The first-order valence-corrected chi connectivity index (χ1v) is 10.6. The van der Waals surface area contributed by atoms with Crippen LogP contribution in [0.4, 0.5) is 10.5 Å². The largest absolute Gasteiger partial charge is 0.463 e. The molecule has 3 N–H and O–H groups in total. The summed E-state index contributed by atoms with van der Waals surface area (Å²) in [5.41, 5.74) is 1.81. The van der Waals surface area contributed by atoms with Gasteiger partial charge in [0.05, 0.1) is 24.1 Å². The number of hydrogen-bond donors (Lipinski definition) is 3. The van der Waals surface area contributed by atoms with Crippen LogP contribution in [0.15, 0.2) is 41.6 Å². The number of anilines is 1. The van der Waals surface area contributed by atoms with Gasteiger partial charge in [0.2, 0.25) is 5.91 Å². The van der Waals surface area contributed by atoms with E-state index < -0.39 is 5.97 Å². The Morgan fingerprint density at radius 2 is 2.00 bits per heavy atom. The molecule has 2 aliphatic rings. The van der Waals surface area contributed by atoms with Crippen molar-refractivity contribution in [3.05, 3.63) is 41.6 Å². The summed E-state index contributed by atoms with van der Waals surface area (Å²) in [6.07, 6.45) is 2.27. The molecule has 0 unspecified atom stereocenters. The molecule has 0 aliphatic carbocycles. The lowest BCUT2D eigenvalue weighted by Crippen LogP contribution is -2.53. The summed E-state index contributed by atoms with van der Waals surface area (Å²) in [5, 5.41) is 8.54. The predicted octanol–water partition coefficient (Wildman–Crippen LogP) is 2.25. The molecule has 1 aromatic carbocycles. The van der Waals surface area contributed by atoms with Crippen LogP contribution in [0.5, 0.6) is 0 Å². The number of piperidine rings is 1. The molecule has 8 heteroatoms. The van der Waals surface area contributed by atoms with E-state index in [2.05, 4.69) is 20.9 Å². The van der Waals surface area contributed by atoms with E-state index in [0.29, 0.717) is 30.8 Å². The molecular formula is C22H30N4O4. The molecule has 0 bridgehead atoms. The van der Waals surface area contributed by atoms with Crippen molar-refractivity contribution in [2.45, 2.75) is 39.2 Å². The van der Waals surface area contributed by atoms with Gasteiger partial charge in [-0.1, -0.05) is 25.1 Å². The second-order valence-corrected chi connectivity index (χ2v) is 7.60. The lowest BCUT2D eigenvalue weighted by atomic mass is 9.95. The number of urea groups is 1. The zero-order valence-corrected chi connectivity index (χ0v) is 17.6. The number of carbonyl (C=O) groups is 3. The summed E-state index contributed by atoms with van der Waals surface area (Å²) in [6, 6.07) is 8.71. The van der Waals surface area contributed by atoms with E-state index in [0.717, 1.165) is 25.1 Å². The minimum atomic E-state index is -0.415. The van der Waals surface area contributed by atoms with Gasteiger partial charge in [0.25, 0.3) is 0 Å². The van der Waals surface area contributed by atoms with Gasteiger partial charge in [-0.25, -0.2) is 9.59 Å². The topological polar surface area (TPSA) is 99.8 Å². The number of para-hydroxylation sites is 1. The smallest absolute Gasteiger partial charge is 0.337 e. The monoisotopic (exact) mass is 414 g/mol. The fraction of sp³-hybridized carbons (Fsp3) is 0.500. The van der Waals surface area contributed by atoms with Crippen molar-refractivity contribution >= 4 is 23.6 Å². The van der Waals surface area contributed by atoms with Crippen LogP contribution in [-0.4, -0.2) is 55.1 Å². The zero-order valence-electron chi connectivity index (χ0n) is 17.6. The number of amides is 3. The van der Waals surface area contributed by atoms with Crippen molar-refractivity contribution in [1.82, 2.24) is 15.5 Å². The van der Waals surface area contributed by atoms with Crippen LogP contribution in [0.2, 0.25) is 0 Å². The van der Waals surface area contributed by atoms with Crippen LogP contribution in [-0.2, 0) is 14.3 Å². The first kappa shape index (κ1) is 21.8. The molecule has 3 amide bonds. The maximum Gasteiger partial charge on any atom is 0.337 e. The average molecular weight is 415 g/mol. The molecule has 1 aromatic rings. The van der Waals surface area contributed by atoms with Gasteiger partial charge in [0, 0.05) is 24.5 Å². The number of nitrogens with zero attached hydrogens (tertiary/aromatic N) is 1. The second-order valence-electron chi connectivity index (χ2n) is 7.60. The number of esters is 1. The van der Waals surface area contributed by atoms with Crippen LogP contribution in [0.25, 0.3) is 0 Å². The van der Waals surface area contributed by atoms with Gasteiger partial charge in [0.1, 0.15) is 0 Å². The van der Waals surface area contributed by atoms with Crippen LogP contribution in [0, 0.1) is 5.92 Å². The van der Waals surface area contributed by atoms with Crippen LogP contribution < -0.4 is 16.0 Å². The van der Waals surface area contributed by atoms with E-state index in [1.165, 1.54) is 0 Å². The number of rotatable bonds is 7. The lowest BCUT2D eigenvalue weighted by Gasteiger charge is -2.35. The van der Waals surface area contributed by atoms with Crippen molar-refractivity contribution < 1.29 is 19.1 Å². The Morgan fingerprint density at radius 1 is 1.23 bits per heavy atom. The van der Waals surface area contributed by atoms with Crippen molar-refractivity contribution in [2.75, 3.05) is 31.6 Å². The maximum absolute atomic E-state index is 12.7. The molecule has 0 aromatic heterocycles. The van der Waals surface area contributed by atoms with Gasteiger partial charge in [-0.3, -0.25) is 9.69 Å². The summed E-state index contributed by atoms with van der Waals surface area (Å²) in [7, 11) is 0. The minimum absolute atomic E-state index is 0.00808. The Morgan fingerprint density at radius 3 is 2.70 bits per heavy atom. The van der Waals surface area contributed by atoms with Crippen LogP contribution >= 0.6 is 0 Å². The fourth-order valence-electron chi connectivity index (χ4n) is 3.99. The number of nitrogens with one attached hydrogen (secondary N) is 3. The van der Waals surface area contributed by atoms with Gasteiger partial charge in [-0.05, 0) is 44.9 Å². The van der Waals surface area contributed by atoms with E-state index in [4.69, 9.17) is 4.74 Å². The zero-order chi connectivity index (χ0) is 21.5. The van der Waals surface area contributed by atoms with Gasteiger partial charge >= 0.3 is 12.0 Å². The molecule has 0 spiro atoms. The molecule has 0 saturated carbocycles. The molecule has 162 valence electrons. The lowest BCUT2D eigenvalue weighted by molar-refractivity contribution is -0.139. The Balaban J connectivity index is 1.71. The first-order valence-electron chi connectivity index (χ1n) is 10.6. The third-order valence-corrected chi connectivity index (χ3v) is 5.45.